The van der Waals surface area contributed by atoms with Crippen LogP contribution < -0.4 is 14.8 Å². The number of benzene rings is 3. The minimum atomic E-state index is -0.575. The second-order valence-corrected chi connectivity index (χ2v) is 8.88. The SMILES string of the molecule is COc1cc2c(cc1OC)[C@H]1[C@@H](C(=O)NCc3ccccc3Cl)c3ccccc3C(=O)N1CC2. The fourth-order valence-corrected chi connectivity index (χ4v) is 5.27. The summed E-state index contributed by atoms with van der Waals surface area (Å²) in [6, 6.07) is 18.2. The number of carbonyl (C=O) groups excluding carboxylic acids is 2. The molecule has 0 radical (unpaired) electrons. The van der Waals surface area contributed by atoms with E-state index in [4.69, 9.17) is 21.1 Å². The van der Waals surface area contributed by atoms with Crippen LogP contribution in [0.2, 0.25) is 5.02 Å². The monoisotopic (exact) mass is 476 g/mol. The first kappa shape index (κ1) is 22.3. The molecule has 2 aliphatic rings. The third kappa shape index (κ3) is 3.68. The Balaban J connectivity index is 1.59. The largest absolute Gasteiger partial charge is 0.493 e. The summed E-state index contributed by atoms with van der Waals surface area (Å²) in [5.41, 5.74) is 4.10. The number of nitrogens with zero attached hydrogens (tertiary/aromatic N) is 1. The van der Waals surface area contributed by atoms with E-state index < -0.39 is 12.0 Å². The molecule has 2 atom stereocenters. The summed E-state index contributed by atoms with van der Waals surface area (Å²) in [5.74, 6) is 0.420. The number of ether oxygens (including phenoxy) is 2. The van der Waals surface area contributed by atoms with E-state index in [1.165, 1.54) is 0 Å². The van der Waals surface area contributed by atoms with Crippen LogP contribution in [-0.2, 0) is 17.8 Å². The molecule has 0 saturated carbocycles. The van der Waals surface area contributed by atoms with Gasteiger partial charge in [0.25, 0.3) is 5.91 Å². The molecule has 0 unspecified atom stereocenters. The molecule has 34 heavy (non-hydrogen) atoms. The fourth-order valence-electron chi connectivity index (χ4n) is 5.07. The van der Waals surface area contributed by atoms with E-state index in [0.29, 0.717) is 41.6 Å². The van der Waals surface area contributed by atoms with Gasteiger partial charge in [-0.15, -0.1) is 0 Å². The van der Waals surface area contributed by atoms with Crippen molar-refractivity contribution in [3.05, 3.63) is 93.5 Å². The predicted molar refractivity (Wildman–Crippen MR) is 130 cm³/mol. The van der Waals surface area contributed by atoms with E-state index in [9.17, 15) is 9.59 Å². The standard InChI is InChI=1S/C27H25ClN2O4/c1-33-22-13-16-11-12-30-25(20(16)14-23(22)34-2)24(18-8-4-5-9-19(18)27(30)32)26(31)29-15-17-7-3-6-10-21(17)28/h3-10,13-14,24-25H,11-12,15H2,1-2H3,(H,29,31)/t24-,25-/m0/s1. The molecule has 0 bridgehead atoms. The van der Waals surface area contributed by atoms with Gasteiger partial charge in [0.1, 0.15) is 0 Å². The maximum atomic E-state index is 13.7. The van der Waals surface area contributed by atoms with Gasteiger partial charge in [0, 0.05) is 23.7 Å². The van der Waals surface area contributed by atoms with Gasteiger partial charge in [-0.05, 0) is 52.9 Å². The number of fused-ring (bicyclic) bond motifs is 4. The molecule has 3 aromatic carbocycles. The molecule has 0 saturated heterocycles. The van der Waals surface area contributed by atoms with Gasteiger partial charge in [-0.1, -0.05) is 48.0 Å². The first-order chi connectivity index (χ1) is 16.5. The molecule has 7 heteroatoms. The van der Waals surface area contributed by atoms with E-state index in [2.05, 4.69) is 5.32 Å². The second-order valence-electron chi connectivity index (χ2n) is 8.47. The van der Waals surface area contributed by atoms with Gasteiger partial charge < -0.3 is 19.7 Å². The molecule has 0 fully saturated rings. The number of hydrogen-bond acceptors (Lipinski definition) is 4. The van der Waals surface area contributed by atoms with Crippen molar-refractivity contribution in [2.24, 2.45) is 0 Å². The van der Waals surface area contributed by atoms with Gasteiger partial charge in [0.15, 0.2) is 11.5 Å². The number of rotatable bonds is 5. The van der Waals surface area contributed by atoms with Crippen LogP contribution in [0.4, 0.5) is 0 Å². The molecule has 2 heterocycles. The summed E-state index contributed by atoms with van der Waals surface area (Å²) in [6.45, 7) is 0.825. The molecule has 3 aromatic rings. The summed E-state index contributed by atoms with van der Waals surface area (Å²) >= 11 is 6.30. The molecule has 5 rings (SSSR count). The fraction of sp³-hybridized carbons (Fsp3) is 0.259. The van der Waals surface area contributed by atoms with Gasteiger partial charge in [0.2, 0.25) is 5.91 Å². The Kier molecular flexibility index (Phi) is 5.92. The van der Waals surface area contributed by atoms with E-state index in [1.807, 2.05) is 53.4 Å². The summed E-state index contributed by atoms with van der Waals surface area (Å²) in [4.78, 5) is 29.0. The van der Waals surface area contributed by atoms with E-state index >= 15 is 0 Å². The smallest absolute Gasteiger partial charge is 0.254 e. The molecule has 174 valence electrons. The average molecular weight is 477 g/mol. The van der Waals surface area contributed by atoms with Crippen LogP contribution in [-0.4, -0.2) is 37.5 Å². The van der Waals surface area contributed by atoms with Crippen LogP contribution in [0.15, 0.2) is 60.7 Å². The number of hydrogen-bond donors (Lipinski definition) is 1. The zero-order valence-electron chi connectivity index (χ0n) is 19.0. The van der Waals surface area contributed by atoms with Crippen LogP contribution in [0.5, 0.6) is 11.5 Å². The van der Waals surface area contributed by atoms with Crippen molar-refractivity contribution in [1.82, 2.24) is 10.2 Å². The molecular weight excluding hydrogens is 452 g/mol. The molecule has 2 aliphatic heterocycles. The van der Waals surface area contributed by atoms with Crippen molar-refractivity contribution in [1.29, 1.82) is 0 Å². The van der Waals surface area contributed by atoms with E-state index in [0.717, 1.165) is 22.3 Å². The predicted octanol–water partition coefficient (Wildman–Crippen LogP) is 4.51. The number of amides is 2. The number of carbonyl (C=O) groups is 2. The van der Waals surface area contributed by atoms with Crippen molar-refractivity contribution >= 4 is 23.4 Å². The number of methoxy groups -OCH3 is 2. The van der Waals surface area contributed by atoms with E-state index in [1.54, 1.807) is 26.4 Å². The maximum Gasteiger partial charge on any atom is 0.254 e. The topological polar surface area (TPSA) is 67.9 Å². The summed E-state index contributed by atoms with van der Waals surface area (Å²) in [6.07, 6.45) is 0.675. The lowest BCUT2D eigenvalue weighted by atomic mass is 9.75. The third-order valence-corrected chi connectivity index (χ3v) is 7.09. The van der Waals surface area contributed by atoms with Gasteiger partial charge in [-0.2, -0.15) is 0 Å². The minimum absolute atomic E-state index is 0.0591. The molecule has 6 nitrogen and oxygen atoms in total. The quantitative estimate of drug-likeness (QED) is 0.588. The molecule has 0 spiro atoms. The molecule has 0 aromatic heterocycles. The zero-order chi connectivity index (χ0) is 23.8. The summed E-state index contributed by atoms with van der Waals surface area (Å²) < 4.78 is 11.0. The van der Waals surface area contributed by atoms with Crippen molar-refractivity contribution in [2.75, 3.05) is 20.8 Å². The summed E-state index contributed by atoms with van der Waals surface area (Å²) in [7, 11) is 3.19. The highest BCUT2D eigenvalue weighted by atomic mass is 35.5. The highest BCUT2D eigenvalue weighted by Gasteiger charge is 2.46. The van der Waals surface area contributed by atoms with Crippen molar-refractivity contribution < 1.29 is 19.1 Å². The number of halogens is 1. The lowest BCUT2D eigenvalue weighted by molar-refractivity contribution is -0.124. The van der Waals surface area contributed by atoms with Gasteiger partial charge in [-0.3, -0.25) is 9.59 Å². The van der Waals surface area contributed by atoms with Crippen molar-refractivity contribution in [2.45, 2.75) is 24.9 Å². The molecule has 1 N–H and O–H groups in total. The van der Waals surface area contributed by atoms with Crippen LogP contribution in [0, 0.1) is 0 Å². The average Bonchev–Trinajstić information content (AvgIpc) is 2.87. The van der Waals surface area contributed by atoms with Crippen molar-refractivity contribution in [3.63, 3.8) is 0 Å². The maximum absolute atomic E-state index is 13.7. The minimum Gasteiger partial charge on any atom is -0.493 e. The Morgan fingerprint density at radius 3 is 2.50 bits per heavy atom. The van der Waals surface area contributed by atoms with Gasteiger partial charge in [0.05, 0.1) is 26.2 Å². The van der Waals surface area contributed by atoms with Crippen molar-refractivity contribution in [3.8, 4) is 11.5 Å². The Morgan fingerprint density at radius 2 is 1.74 bits per heavy atom. The number of nitrogens with one attached hydrogen (secondary N) is 1. The van der Waals surface area contributed by atoms with Gasteiger partial charge >= 0.3 is 0 Å². The lowest BCUT2D eigenvalue weighted by Crippen LogP contribution is -2.50. The van der Waals surface area contributed by atoms with Crippen LogP contribution >= 0.6 is 11.6 Å². The molecule has 0 aliphatic carbocycles. The highest BCUT2D eigenvalue weighted by molar-refractivity contribution is 6.31. The Morgan fingerprint density at radius 1 is 1.03 bits per heavy atom. The van der Waals surface area contributed by atoms with Crippen LogP contribution in [0.1, 0.15) is 44.6 Å². The van der Waals surface area contributed by atoms with Crippen LogP contribution in [0.25, 0.3) is 0 Å². The lowest BCUT2D eigenvalue weighted by Gasteiger charge is -2.45. The first-order valence-corrected chi connectivity index (χ1v) is 11.6. The normalized spacial score (nSPS) is 18.4. The molecular formula is C27H25ClN2O4. The second kappa shape index (κ2) is 9.03. The zero-order valence-corrected chi connectivity index (χ0v) is 19.8. The Labute approximate surface area is 203 Å². The summed E-state index contributed by atoms with van der Waals surface area (Å²) in [5, 5.41) is 3.66. The van der Waals surface area contributed by atoms with Gasteiger partial charge in [-0.25, -0.2) is 0 Å². The first-order valence-electron chi connectivity index (χ1n) is 11.2. The van der Waals surface area contributed by atoms with Crippen LogP contribution in [0.3, 0.4) is 0 Å². The Bertz CT molecular complexity index is 1280. The third-order valence-electron chi connectivity index (χ3n) is 6.72. The molecule has 2 amide bonds. The van der Waals surface area contributed by atoms with E-state index in [-0.39, 0.29) is 11.8 Å². The Hall–Kier alpha value is -3.51. The highest BCUT2D eigenvalue weighted by Crippen LogP contribution is 2.48.